The topological polar surface area (TPSA) is 89.6 Å². The molecule has 3 aromatic rings. The van der Waals surface area contributed by atoms with Crippen molar-refractivity contribution >= 4 is 11.0 Å². The van der Waals surface area contributed by atoms with Crippen molar-refractivity contribution in [1.82, 2.24) is 24.7 Å². The van der Waals surface area contributed by atoms with E-state index in [1.165, 1.54) is 6.20 Å². The second kappa shape index (κ2) is 6.47. The molecule has 0 radical (unpaired) electrons. The lowest BCUT2D eigenvalue weighted by atomic mass is 9.73. The van der Waals surface area contributed by atoms with Gasteiger partial charge in [-0.05, 0) is 39.5 Å². The normalized spacial score (nSPS) is 24.7. The molecule has 0 unspecified atom stereocenters. The minimum atomic E-state index is -2.61. The Kier molecular flexibility index (Phi) is 4.11. The van der Waals surface area contributed by atoms with Gasteiger partial charge < -0.3 is 9.40 Å². The van der Waals surface area contributed by atoms with Gasteiger partial charge in [0.05, 0.1) is 17.9 Å². The van der Waals surface area contributed by atoms with E-state index in [2.05, 4.69) is 15.1 Å². The summed E-state index contributed by atoms with van der Waals surface area (Å²) in [6, 6.07) is -0.163. The molecule has 7 nitrogen and oxygen atoms in total. The smallest absolute Gasteiger partial charge is 0.262 e. The maximum absolute atomic E-state index is 13.5. The van der Waals surface area contributed by atoms with E-state index in [-0.39, 0.29) is 36.3 Å². The first-order valence-corrected chi connectivity index (χ1v) is 10.1. The fourth-order valence-electron chi connectivity index (χ4n) is 4.44. The van der Waals surface area contributed by atoms with Crippen molar-refractivity contribution in [2.75, 3.05) is 0 Å². The predicted octanol–water partition coefficient (Wildman–Crippen LogP) is 4.14. The van der Waals surface area contributed by atoms with Crippen molar-refractivity contribution in [3.8, 4) is 0 Å². The van der Waals surface area contributed by atoms with Crippen LogP contribution in [0.1, 0.15) is 79.6 Å². The van der Waals surface area contributed by atoms with E-state index in [9.17, 15) is 13.6 Å². The summed E-state index contributed by atoms with van der Waals surface area (Å²) in [7, 11) is 0. The molecule has 0 spiro atoms. The van der Waals surface area contributed by atoms with Crippen molar-refractivity contribution in [3.63, 3.8) is 0 Å². The van der Waals surface area contributed by atoms with Crippen LogP contribution in [0.3, 0.4) is 0 Å². The summed E-state index contributed by atoms with van der Waals surface area (Å²) in [5, 5.41) is 4.72. The zero-order valence-electron chi connectivity index (χ0n) is 16.4. The second-order valence-electron chi connectivity index (χ2n) is 8.35. The number of aromatic nitrogens is 5. The van der Waals surface area contributed by atoms with Crippen LogP contribution in [0.25, 0.3) is 11.0 Å². The molecule has 0 aliphatic heterocycles. The third-order valence-electron chi connectivity index (χ3n) is 6.50. The van der Waals surface area contributed by atoms with Crippen molar-refractivity contribution in [2.45, 2.75) is 76.2 Å². The van der Waals surface area contributed by atoms with Crippen LogP contribution in [0.4, 0.5) is 8.78 Å². The molecule has 1 N–H and O–H groups in total. The lowest BCUT2D eigenvalue weighted by Gasteiger charge is -2.33. The first-order valence-electron chi connectivity index (χ1n) is 10.1. The van der Waals surface area contributed by atoms with Crippen LogP contribution in [0.5, 0.6) is 0 Å². The maximum atomic E-state index is 13.5. The molecular formula is C20H23F2N5O2. The Bertz CT molecular complexity index is 1100. The van der Waals surface area contributed by atoms with Gasteiger partial charge in [0.15, 0.2) is 11.5 Å². The third kappa shape index (κ3) is 3.07. The highest BCUT2D eigenvalue weighted by Gasteiger charge is 2.40. The Morgan fingerprint density at radius 2 is 1.86 bits per heavy atom. The highest BCUT2D eigenvalue weighted by Crippen LogP contribution is 2.48. The van der Waals surface area contributed by atoms with Crippen molar-refractivity contribution in [2.24, 2.45) is 0 Å². The number of H-pyrrole nitrogens is 1. The molecular weight excluding hydrogens is 380 g/mol. The molecule has 2 saturated carbocycles. The molecule has 0 amide bonds. The number of aromatic amines is 1. The minimum absolute atomic E-state index is 0.0172. The number of rotatable bonds is 3. The molecule has 3 heterocycles. The van der Waals surface area contributed by atoms with Crippen LogP contribution in [-0.2, 0) is 0 Å². The van der Waals surface area contributed by atoms with Crippen molar-refractivity contribution < 1.29 is 13.2 Å². The molecule has 2 fully saturated rings. The lowest BCUT2D eigenvalue weighted by molar-refractivity contribution is -0.0446. The van der Waals surface area contributed by atoms with Gasteiger partial charge in [0.2, 0.25) is 5.92 Å². The number of halogens is 2. The summed E-state index contributed by atoms with van der Waals surface area (Å²) in [5.41, 5.74) is 1.10. The van der Waals surface area contributed by atoms with E-state index in [0.717, 1.165) is 24.3 Å². The van der Waals surface area contributed by atoms with E-state index in [1.54, 1.807) is 4.68 Å². The second-order valence-corrected chi connectivity index (χ2v) is 8.35. The predicted molar refractivity (Wildman–Crippen MR) is 101 cm³/mol. The zero-order valence-corrected chi connectivity index (χ0v) is 16.4. The first-order chi connectivity index (χ1) is 13.8. The molecule has 9 heteroatoms. The highest BCUT2D eigenvalue weighted by atomic mass is 19.3. The largest absolute Gasteiger partial charge is 0.445 e. The molecule has 5 rings (SSSR count). The molecule has 154 valence electrons. The van der Waals surface area contributed by atoms with E-state index in [1.807, 2.05) is 13.8 Å². The van der Waals surface area contributed by atoms with Crippen LogP contribution in [-0.4, -0.2) is 30.7 Å². The van der Waals surface area contributed by atoms with Gasteiger partial charge in [-0.15, -0.1) is 0 Å². The van der Waals surface area contributed by atoms with Gasteiger partial charge in [0.1, 0.15) is 17.0 Å². The number of hydrogen-bond donors (Lipinski definition) is 1. The van der Waals surface area contributed by atoms with E-state index in [4.69, 9.17) is 9.40 Å². The van der Waals surface area contributed by atoms with Crippen LogP contribution >= 0.6 is 0 Å². The average Bonchev–Trinajstić information content (AvgIpc) is 3.18. The number of nitrogens with one attached hydrogen (secondary N) is 1. The van der Waals surface area contributed by atoms with E-state index >= 15 is 0 Å². The molecule has 0 aromatic carbocycles. The quantitative estimate of drug-likeness (QED) is 0.710. The fourth-order valence-corrected chi connectivity index (χ4v) is 4.44. The number of hydrogen-bond acceptors (Lipinski definition) is 5. The number of nitrogens with zero attached hydrogens (tertiary/aromatic N) is 4. The van der Waals surface area contributed by atoms with Gasteiger partial charge >= 0.3 is 0 Å². The SMILES string of the molecule is Cc1nc([C@H]2CC[C@H]2c2nc3c(cnn3C3CCC(F)(F)CC3)c(=O)[nH]2)oc1C. The van der Waals surface area contributed by atoms with Gasteiger partial charge in [0, 0.05) is 24.7 Å². The molecule has 29 heavy (non-hydrogen) atoms. The monoisotopic (exact) mass is 403 g/mol. The van der Waals surface area contributed by atoms with Gasteiger partial charge in [-0.25, -0.2) is 23.4 Å². The fraction of sp³-hybridized carbons (Fsp3) is 0.600. The number of oxazole rings is 1. The minimum Gasteiger partial charge on any atom is -0.445 e. The first kappa shape index (κ1) is 18.4. The molecule has 0 bridgehead atoms. The summed E-state index contributed by atoms with van der Waals surface area (Å²) < 4.78 is 34.5. The van der Waals surface area contributed by atoms with Gasteiger partial charge in [-0.3, -0.25) is 4.79 Å². The number of aryl methyl sites for hydroxylation is 2. The summed E-state index contributed by atoms with van der Waals surface area (Å²) >= 11 is 0. The highest BCUT2D eigenvalue weighted by molar-refractivity contribution is 5.73. The Hall–Kier alpha value is -2.58. The Balaban J connectivity index is 1.49. The lowest BCUT2D eigenvalue weighted by Crippen LogP contribution is -2.28. The van der Waals surface area contributed by atoms with Crippen LogP contribution in [0, 0.1) is 13.8 Å². The molecule has 2 aliphatic carbocycles. The molecule has 0 saturated heterocycles. The summed E-state index contributed by atoms with van der Waals surface area (Å²) in [4.78, 5) is 24.8. The molecule has 3 aromatic heterocycles. The van der Waals surface area contributed by atoms with Crippen LogP contribution in [0.15, 0.2) is 15.4 Å². The third-order valence-corrected chi connectivity index (χ3v) is 6.50. The van der Waals surface area contributed by atoms with Gasteiger partial charge in [0.25, 0.3) is 5.56 Å². The average molecular weight is 403 g/mol. The van der Waals surface area contributed by atoms with Gasteiger partial charge in [-0.1, -0.05) is 0 Å². The van der Waals surface area contributed by atoms with E-state index < -0.39 is 5.92 Å². The molecule has 2 aliphatic rings. The van der Waals surface area contributed by atoms with Gasteiger partial charge in [-0.2, -0.15) is 5.10 Å². The van der Waals surface area contributed by atoms with Crippen molar-refractivity contribution in [1.29, 1.82) is 0 Å². The zero-order chi connectivity index (χ0) is 20.3. The van der Waals surface area contributed by atoms with E-state index in [0.29, 0.717) is 35.6 Å². The number of alkyl halides is 2. The summed E-state index contributed by atoms with van der Waals surface area (Å²) in [5.74, 6) is -0.440. The molecule has 2 atom stereocenters. The van der Waals surface area contributed by atoms with Crippen LogP contribution in [0.2, 0.25) is 0 Å². The number of fused-ring (bicyclic) bond motifs is 1. The standard InChI is InChI=1S/C20H23F2N5O2/c1-10-11(2)29-19(24-10)14-4-3-13(14)16-25-17-15(18(28)26-16)9-23-27(17)12-5-7-20(21,22)8-6-12/h9,12-14H,3-8H2,1-2H3,(H,25,26,28)/t13-,14+/m1/s1. The maximum Gasteiger partial charge on any atom is 0.262 e. The Labute approximate surface area is 165 Å². The van der Waals surface area contributed by atoms with Crippen molar-refractivity contribution in [3.05, 3.63) is 39.7 Å². The summed E-state index contributed by atoms with van der Waals surface area (Å²) in [6.45, 7) is 3.80. The summed E-state index contributed by atoms with van der Waals surface area (Å²) in [6.07, 6.45) is 3.61. The Morgan fingerprint density at radius 3 is 2.48 bits per heavy atom. The Morgan fingerprint density at radius 1 is 1.14 bits per heavy atom. The van der Waals surface area contributed by atoms with Crippen LogP contribution < -0.4 is 5.56 Å².